The first-order valence-corrected chi connectivity index (χ1v) is 6.24. The Morgan fingerprint density at radius 2 is 2.29 bits per heavy atom. The van der Waals surface area contributed by atoms with E-state index >= 15 is 0 Å². The number of rotatable bonds is 3. The zero-order chi connectivity index (χ0) is 12.3. The summed E-state index contributed by atoms with van der Waals surface area (Å²) in [7, 11) is 0. The van der Waals surface area contributed by atoms with E-state index in [2.05, 4.69) is 15.3 Å². The predicted octanol–water partition coefficient (Wildman–Crippen LogP) is 2.68. The fraction of sp³-hybridized carbons (Fsp3) is 0.182. The third-order valence-corrected chi connectivity index (χ3v) is 3.32. The number of hydrogen-bond acceptors (Lipinski definition) is 4. The lowest BCUT2D eigenvalue weighted by molar-refractivity contribution is 0.0939. The fourth-order valence-electron chi connectivity index (χ4n) is 1.33. The molecule has 2 rings (SSSR count). The third kappa shape index (κ3) is 3.01. The van der Waals surface area contributed by atoms with Gasteiger partial charge in [0.1, 0.15) is 10.2 Å². The maximum atomic E-state index is 11.9. The van der Waals surface area contributed by atoms with E-state index in [1.165, 1.54) is 23.6 Å². The summed E-state index contributed by atoms with van der Waals surface area (Å²) in [6.45, 7) is 1.89. The first-order valence-electron chi connectivity index (χ1n) is 4.98. The normalized spacial score (nSPS) is 12.1. The average molecular weight is 268 g/mol. The van der Waals surface area contributed by atoms with Crippen molar-refractivity contribution in [2.45, 2.75) is 13.0 Å². The van der Waals surface area contributed by atoms with E-state index in [0.29, 0.717) is 10.7 Å². The van der Waals surface area contributed by atoms with E-state index in [1.807, 2.05) is 12.3 Å². The number of nitrogens with zero attached hydrogens (tertiary/aromatic N) is 2. The molecule has 1 atom stereocenters. The van der Waals surface area contributed by atoms with Gasteiger partial charge in [0.2, 0.25) is 0 Å². The monoisotopic (exact) mass is 267 g/mol. The molecule has 2 aromatic rings. The third-order valence-electron chi connectivity index (χ3n) is 2.16. The minimum Gasteiger partial charge on any atom is -0.343 e. The molecule has 1 unspecified atom stereocenters. The largest absolute Gasteiger partial charge is 0.343 e. The highest BCUT2D eigenvalue weighted by Gasteiger charge is 2.13. The van der Waals surface area contributed by atoms with Gasteiger partial charge in [-0.3, -0.25) is 4.79 Å². The molecule has 17 heavy (non-hydrogen) atoms. The molecule has 0 spiro atoms. The molecule has 0 saturated carbocycles. The van der Waals surface area contributed by atoms with Crippen LogP contribution in [0.3, 0.4) is 0 Å². The molecule has 2 heterocycles. The Hall–Kier alpha value is -1.46. The van der Waals surface area contributed by atoms with Gasteiger partial charge in [0.25, 0.3) is 5.91 Å². The Kier molecular flexibility index (Phi) is 3.71. The van der Waals surface area contributed by atoms with Gasteiger partial charge in [0, 0.05) is 23.3 Å². The Balaban J connectivity index is 2.07. The standard InChI is InChI=1S/C11H10ClN3OS/c1-7(11-14-4-5-17-11)15-10(16)8-2-3-13-9(12)6-8/h2-7H,1H3,(H,15,16). The van der Waals surface area contributed by atoms with E-state index in [0.717, 1.165) is 5.01 Å². The van der Waals surface area contributed by atoms with Gasteiger partial charge in [-0.05, 0) is 19.1 Å². The summed E-state index contributed by atoms with van der Waals surface area (Å²) in [6, 6.07) is 3.04. The molecule has 0 bridgehead atoms. The van der Waals surface area contributed by atoms with Crippen molar-refractivity contribution in [3.8, 4) is 0 Å². The zero-order valence-corrected chi connectivity index (χ0v) is 10.6. The highest BCUT2D eigenvalue weighted by Crippen LogP contribution is 2.15. The van der Waals surface area contributed by atoms with Gasteiger partial charge in [-0.1, -0.05) is 11.6 Å². The summed E-state index contributed by atoms with van der Waals surface area (Å²) in [5.74, 6) is -0.183. The van der Waals surface area contributed by atoms with Crippen LogP contribution in [0.4, 0.5) is 0 Å². The van der Waals surface area contributed by atoms with Crippen molar-refractivity contribution >= 4 is 28.8 Å². The highest BCUT2D eigenvalue weighted by molar-refractivity contribution is 7.09. The number of carbonyl (C=O) groups excluding carboxylic acids is 1. The summed E-state index contributed by atoms with van der Waals surface area (Å²) < 4.78 is 0. The lowest BCUT2D eigenvalue weighted by Crippen LogP contribution is -2.26. The summed E-state index contributed by atoms with van der Waals surface area (Å²) in [6.07, 6.45) is 3.22. The number of carbonyl (C=O) groups is 1. The van der Waals surface area contributed by atoms with Gasteiger partial charge in [0.15, 0.2) is 0 Å². The first-order chi connectivity index (χ1) is 8.16. The number of thiazole rings is 1. The molecule has 0 aliphatic rings. The molecular formula is C11H10ClN3OS. The molecule has 4 nitrogen and oxygen atoms in total. The van der Waals surface area contributed by atoms with Crippen molar-refractivity contribution in [3.63, 3.8) is 0 Å². The van der Waals surface area contributed by atoms with Gasteiger partial charge in [-0.25, -0.2) is 9.97 Å². The smallest absolute Gasteiger partial charge is 0.251 e. The van der Waals surface area contributed by atoms with Crippen LogP contribution in [0.1, 0.15) is 28.3 Å². The molecule has 0 aliphatic heterocycles. The van der Waals surface area contributed by atoms with Crippen molar-refractivity contribution in [2.75, 3.05) is 0 Å². The molecule has 0 radical (unpaired) electrons. The molecule has 0 saturated heterocycles. The number of halogens is 1. The van der Waals surface area contributed by atoms with Crippen LogP contribution < -0.4 is 5.32 Å². The van der Waals surface area contributed by atoms with E-state index < -0.39 is 0 Å². The second-order valence-electron chi connectivity index (χ2n) is 3.43. The average Bonchev–Trinajstić information content (AvgIpc) is 2.82. The van der Waals surface area contributed by atoms with Crippen LogP contribution in [0.15, 0.2) is 29.9 Å². The summed E-state index contributed by atoms with van der Waals surface area (Å²) in [5.41, 5.74) is 0.494. The van der Waals surface area contributed by atoms with Crippen molar-refractivity contribution in [3.05, 3.63) is 45.6 Å². The van der Waals surface area contributed by atoms with E-state index in [1.54, 1.807) is 12.3 Å². The zero-order valence-electron chi connectivity index (χ0n) is 9.05. The van der Waals surface area contributed by atoms with Crippen molar-refractivity contribution in [2.24, 2.45) is 0 Å². The number of amides is 1. The van der Waals surface area contributed by atoms with Crippen LogP contribution in [0.25, 0.3) is 0 Å². The van der Waals surface area contributed by atoms with Crippen LogP contribution >= 0.6 is 22.9 Å². The maximum absolute atomic E-state index is 11.9. The minimum absolute atomic E-state index is 0.116. The molecule has 1 N–H and O–H groups in total. The van der Waals surface area contributed by atoms with Gasteiger partial charge in [0.05, 0.1) is 6.04 Å². The molecule has 88 valence electrons. The minimum atomic E-state index is -0.183. The molecule has 1 amide bonds. The second-order valence-corrected chi connectivity index (χ2v) is 4.75. The molecule has 6 heteroatoms. The highest BCUT2D eigenvalue weighted by atomic mass is 35.5. The Morgan fingerprint density at radius 3 is 2.94 bits per heavy atom. The predicted molar refractivity (Wildman–Crippen MR) is 67.2 cm³/mol. The fourth-order valence-corrected chi connectivity index (χ4v) is 2.15. The number of aromatic nitrogens is 2. The van der Waals surface area contributed by atoms with Crippen molar-refractivity contribution in [1.29, 1.82) is 0 Å². The quantitative estimate of drug-likeness (QED) is 0.870. The van der Waals surface area contributed by atoms with Crippen LogP contribution in [-0.2, 0) is 0 Å². The molecule has 0 aliphatic carbocycles. The lowest BCUT2D eigenvalue weighted by atomic mass is 10.2. The van der Waals surface area contributed by atoms with Crippen LogP contribution in [0.5, 0.6) is 0 Å². The Labute approximate surface area is 108 Å². The molecule has 2 aromatic heterocycles. The van der Waals surface area contributed by atoms with Crippen LogP contribution in [-0.4, -0.2) is 15.9 Å². The van der Waals surface area contributed by atoms with Crippen molar-refractivity contribution < 1.29 is 4.79 Å². The van der Waals surface area contributed by atoms with Gasteiger partial charge >= 0.3 is 0 Å². The Morgan fingerprint density at radius 1 is 1.47 bits per heavy atom. The van der Waals surface area contributed by atoms with Crippen LogP contribution in [0.2, 0.25) is 5.15 Å². The number of pyridine rings is 1. The first kappa shape index (κ1) is 12.0. The van der Waals surface area contributed by atoms with Gasteiger partial charge in [-0.2, -0.15) is 0 Å². The van der Waals surface area contributed by atoms with E-state index in [9.17, 15) is 4.79 Å². The van der Waals surface area contributed by atoms with Gasteiger partial charge < -0.3 is 5.32 Å². The summed E-state index contributed by atoms with van der Waals surface area (Å²) in [5, 5.41) is 5.90. The topological polar surface area (TPSA) is 54.9 Å². The molecule has 0 aromatic carbocycles. The molecule has 0 fully saturated rings. The van der Waals surface area contributed by atoms with Crippen molar-refractivity contribution in [1.82, 2.24) is 15.3 Å². The summed E-state index contributed by atoms with van der Waals surface area (Å²) >= 11 is 7.23. The van der Waals surface area contributed by atoms with Crippen LogP contribution in [0, 0.1) is 0 Å². The van der Waals surface area contributed by atoms with E-state index in [-0.39, 0.29) is 11.9 Å². The van der Waals surface area contributed by atoms with E-state index in [4.69, 9.17) is 11.6 Å². The second kappa shape index (κ2) is 5.25. The number of hydrogen-bond donors (Lipinski definition) is 1. The van der Waals surface area contributed by atoms with Gasteiger partial charge in [-0.15, -0.1) is 11.3 Å². The SMILES string of the molecule is CC(NC(=O)c1ccnc(Cl)c1)c1nccs1. The maximum Gasteiger partial charge on any atom is 0.251 e. The molecular weight excluding hydrogens is 258 g/mol. The lowest BCUT2D eigenvalue weighted by Gasteiger charge is -2.11. The number of nitrogens with one attached hydrogen (secondary N) is 1. The summed E-state index contributed by atoms with van der Waals surface area (Å²) in [4.78, 5) is 19.9. The Bertz CT molecular complexity index is 515.